The monoisotopic (exact) mass is 385 g/mol. The molecule has 0 N–H and O–H groups in total. The molecular weight excluding hydrogens is 350 g/mol. The molecule has 0 saturated heterocycles. The first-order valence-corrected chi connectivity index (χ1v) is 9.71. The summed E-state index contributed by atoms with van der Waals surface area (Å²) in [5.41, 5.74) is 0. The fourth-order valence-electron chi connectivity index (χ4n) is 2.56. The second-order valence-electron chi connectivity index (χ2n) is 6.41. The predicted molar refractivity (Wildman–Crippen MR) is 95.2 cm³/mol. The number of carboxylic acid groups (broad SMARTS) is 1. The van der Waals surface area contributed by atoms with E-state index in [1.807, 2.05) is 6.08 Å². The van der Waals surface area contributed by atoms with Crippen LogP contribution < -0.4 is 64.2 Å². The Kier molecular flexibility index (Phi) is 31.0. The summed E-state index contributed by atoms with van der Waals surface area (Å²) in [7, 11) is 0. The smallest absolute Gasteiger partial charge is 0.550 e. The Labute approximate surface area is 204 Å². The van der Waals surface area contributed by atoms with Crippen LogP contribution in [0.25, 0.3) is 0 Å². The largest absolute Gasteiger partial charge is 1.00 e. The van der Waals surface area contributed by atoms with Gasteiger partial charge >= 0.3 is 65.1 Å². The summed E-state index contributed by atoms with van der Waals surface area (Å²) >= 11 is 0. The van der Waals surface area contributed by atoms with Gasteiger partial charge in [0.05, 0.1) is 12.7 Å². The van der Waals surface area contributed by atoms with Crippen LogP contribution in [0.1, 0.15) is 103 Å². The minimum absolute atomic E-state index is 0. The molecule has 26 heavy (non-hydrogen) atoms. The summed E-state index contributed by atoms with van der Waals surface area (Å²) < 4.78 is 4.79. The zero-order valence-corrected chi connectivity index (χ0v) is 21.4. The first-order chi connectivity index (χ1) is 11.7. The quantitative estimate of drug-likeness (QED) is 0.135. The van der Waals surface area contributed by atoms with Crippen LogP contribution in [0.15, 0.2) is 12.3 Å². The Morgan fingerprint density at radius 3 is 1.69 bits per heavy atom. The predicted octanol–water partition coefficient (Wildman–Crippen LogP) is -1.33. The summed E-state index contributed by atoms with van der Waals surface area (Å²) in [6, 6.07) is 0. The summed E-state index contributed by atoms with van der Waals surface area (Å²) in [5, 5.41) is 10.2. The molecule has 0 heterocycles. The maximum atomic E-state index is 11.1. The topological polar surface area (TPSA) is 66.4 Å². The third-order valence-corrected chi connectivity index (χ3v) is 4.05. The van der Waals surface area contributed by atoms with Crippen molar-refractivity contribution in [1.29, 1.82) is 0 Å². The van der Waals surface area contributed by atoms with Crippen molar-refractivity contribution in [2.24, 2.45) is 0 Å². The molecule has 0 aliphatic carbocycles. The molecule has 0 atom stereocenters. The third-order valence-electron chi connectivity index (χ3n) is 4.05. The number of rotatable bonds is 17. The van der Waals surface area contributed by atoms with Crippen LogP contribution in [-0.2, 0) is 14.3 Å². The Balaban J connectivity index is -0.00000264. The van der Waals surface area contributed by atoms with Gasteiger partial charge in [-0.15, -0.1) is 0 Å². The van der Waals surface area contributed by atoms with Crippen LogP contribution in [0.4, 0.5) is 0 Å². The van der Waals surface area contributed by atoms with E-state index in [9.17, 15) is 14.7 Å². The van der Waals surface area contributed by atoms with Gasteiger partial charge in [0.25, 0.3) is 0 Å². The Morgan fingerprint density at radius 1 is 0.769 bits per heavy atom. The number of allylic oxidation sites excluding steroid dienone is 1. The summed E-state index contributed by atoms with van der Waals surface area (Å²) in [6.45, 7) is 2.25. The fraction of sp³-hybridized carbons (Fsp3) is 0.800. The maximum absolute atomic E-state index is 11.1. The number of ether oxygens (including phenoxy) is 1. The van der Waals surface area contributed by atoms with E-state index in [2.05, 4.69) is 6.92 Å². The van der Waals surface area contributed by atoms with Gasteiger partial charge in [-0.2, -0.15) is 0 Å². The first kappa shape index (κ1) is 31.4. The van der Waals surface area contributed by atoms with Crippen molar-refractivity contribution in [3.63, 3.8) is 0 Å². The van der Waals surface area contributed by atoms with Crippen molar-refractivity contribution in [2.45, 2.75) is 103 Å². The first-order valence-electron chi connectivity index (χ1n) is 9.71. The van der Waals surface area contributed by atoms with Crippen LogP contribution in [0, 0.1) is 0 Å². The van der Waals surface area contributed by atoms with Gasteiger partial charge in [0.1, 0.15) is 0 Å². The molecule has 0 aromatic rings. The number of carbonyl (C=O) groups excluding carboxylic acids is 2. The normalized spacial score (nSPS) is 10.2. The average molecular weight is 385 g/mol. The van der Waals surface area contributed by atoms with Crippen molar-refractivity contribution in [3.05, 3.63) is 12.3 Å². The number of hydrogen-bond donors (Lipinski definition) is 0. The molecule has 0 aromatic heterocycles. The second kappa shape index (κ2) is 25.7. The summed E-state index contributed by atoms with van der Waals surface area (Å²) in [4.78, 5) is 21.3. The molecule has 4 nitrogen and oxygen atoms in total. The van der Waals surface area contributed by atoms with E-state index in [-0.39, 0.29) is 72.0 Å². The molecule has 0 unspecified atom stereocenters. The number of esters is 1. The second-order valence-corrected chi connectivity index (χ2v) is 6.41. The molecule has 6 heteroatoms. The van der Waals surface area contributed by atoms with E-state index in [4.69, 9.17) is 4.74 Å². The SMILES string of the molecule is CCCCCCCCCCCCCC/C=C/OC(=O)CCC(=O)[O-].[Na+].[Na+]. The Bertz CT molecular complexity index is 347. The molecule has 0 aliphatic rings. The van der Waals surface area contributed by atoms with E-state index in [1.54, 1.807) is 0 Å². The van der Waals surface area contributed by atoms with Crippen LogP contribution in [-0.4, -0.2) is 11.9 Å². The number of carboxylic acids is 1. The molecule has 0 aromatic carbocycles. The summed E-state index contributed by atoms with van der Waals surface area (Å²) in [6.07, 6.45) is 19.6. The molecule has 0 saturated carbocycles. The van der Waals surface area contributed by atoms with Crippen molar-refractivity contribution < 1.29 is 78.5 Å². The molecule has 0 fully saturated rings. The van der Waals surface area contributed by atoms with Gasteiger partial charge in [0.2, 0.25) is 0 Å². The molecule has 0 radical (unpaired) electrons. The molecule has 0 spiro atoms. The van der Waals surface area contributed by atoms with Crippen molar-refractivity contribution in [2.75, 3.05) is 0 Å². The number of carbonyl (C=O) groups is 2. The minimum atomic E-state index is -1.23. The van der Waals surface area contributed by atoms with Gasteiger partial charge in [-0.1, -0.05) is 77.6 Å². The van der Waals surface area contributed by atoms with Gasteiger partial charge in [-0.05, 0) is 25.3 Å². The van der Waals surface area contributed by atoms with Crippen LogP contribution >= 0.6 is 0 Å². The van der Waals surface area contributed by atoms with Crippen molar-refractivity contribution in [3.8, 4) is 0 Å². The van der Waals surface area contributed by atoms with E-state index in [0.29, 0.717) is 0 Å². The zero-order chi connectivity index (χ0) is 17.9. The van der Waals surface area contributed by atoms with Gasteiger partial charge < -0.3 is 14.6 Å². The van der Waals surface area contributed by atoms with Crippen LogP contribution in [0.2, 0.25) is 0 Å². The Morgan fingerprint density at radius 2 is 1.23 bits per heavy atom. The maximum Gasteiger partial charge on any atom is 1.00 e. The van der Waals surface area contributed by atoms with Gasteiger partial charge in [-0.3, -0.25) is 4.79 Å². The van der Waals surface area contributed by atoms with E-state index < -0.39 is 11.9 Å². The van der Waals surface area contributed by atoms with E-state index in [0.717, 1.165) is 12.8 Å². The van der Waals surface area contributed by atoms with Gasteiger partial charge in [0, 0.05) is 5.97 Å². The van der Waals surface area contributed by atoms with Crippen molar-refractivity contribution in [1.82, 2.24) is 0 Å². The molecule has 0 aliphatic heterocycles. The van der Waals surface area contributed by atoms with Crippen molar-refractivity contribution >= 4 is 11.9 Å². The standard InChI is InChI=1S/C20H36O4.2Na/c1-2-3-4-5-6-7-8-9-10-11-12-13-14-15-18-24-20(23)17-16-19(21)22;;/h15,18H,2-14,16-17H2,1H3,(H,21,22);;/q;2*+1/p-1/b18-15+;;. The Hall–Kier alpha value is 0.680. The fourth-order valence-corrected chi connectivity index (χ4v) is 2.56. The van der Waals surface area contributed by atoms with Crippen LogP contribution in [0.3, 0.4) is 0 Å². The minimum Gasteiger partial charge on any atom is -0.550 e. The van der Waals surface area contributed by atoms with Crippen LogP contribution in [0.5, 0.6) is 0 Å². The summed E-state index contributed by atoms with van der Waals surface area (Å²) in [5.74, 6) is -1.75. The molecule has 0 bridgehead atoms. The molecule has 0 rings (SSSR count). The molecular formula is C20H35Na2O4+. The van der Waals surface area contributed by atoms with Gasteiger partial charge in [-0.25, -0.2) is 0 Å². The number of unbranched alkanes of at least 4 members (excludes halogenated alkanes) is 12. The average Bonchev–Trinajstić information content (AvgIpc) is 2.56. The van der Waals surface area contributed by atoms with Gasteiger partial charge in [0.15, 0.2) is 0 Å². The van der Waals surface area contributed by atoms with E-state index >= 15 is 0 Å². The zero-order valence-electron chi connectivity index (χ0n) is 17.4. The number of aliphatic carboxylic acids is 1. The third kappa shape index (κ3) is 26.9. The molecule has 0 amide bonds. The number of hydrogen-bond acceptors (Lipinski definition) is 4. The van der Waals surface area contributed by atoms with E-state index in [1.165, 1.54) is 76.9 Å². The molecule has 140 valence electrons.